The molecule has 0 aliphatic carbocycles. The van der Waals surface area contributed by atoms with Crippen molar-refractivity contribution in [1.29, 1.82) is 0 Å². The first-order valence-electron chi connectivity index (χ1n) is 14.1. The minimum Gasteiger partial charge on any atom is -0.457 e. The molecule has 1 N–H and O–H groups in total. The Morgan fingerprint density at radius 3 is 2.44 bits per heavy atom. The first-order chi connectivity index (χ1) is 18.8. The monoisotopic (exact) mass is 536 g/mol. The number of nitrogens with zero attached hydrogens (tertiary/aromatic N) is 1. The summed E-state index contributed by atoms with van der Waals surface area (Å²) in [6.07, 6.45) is 11.3. The highest BCUT2D eigenvalue weighted by atomic mass is 16.6. The van der Waals surface area contributed by atoms with Crippen LogP contribution in [0.5, 0.6) is 11.5 Å². The van der Waals surface area contributed by atoms with Gasteiger partial charge < -0.3 is 24.4 Å². The van der Waals surface area contributed by atoms with Crippen LogP contribution in [0.4, 0.5) is 4.79 Å². The lowest BCUT2D eigenvalue weighted by atomic mass is 10.1. The zero-order valence-electron chi connectivity index (χ0n) is 23.7. The third-order valence-corrected chi connectivity index (χ3v) is 6.37. The summed E-state index contributed by atoms with van der Waals surface area (Å²) < 4.78 is 16.9. The van der Waals surface area contributed by atoms with Crippen LogP contribution in [0, 0.1) is 0 Å². The molecule has 1 aliphatic rings. The molecule has 212 valence electrons. The van der Waals surface area contributed by atoms with Crippen LogP contribution in [0.25, 0.3) is 6.08 Å². The Morgan fingerprint density at radius 2 is 1.69 bits per heavy atom. The molecule has 0 aromatic heterocycles. The number of para-hydroxylation sites is 1. The van der Waals surface area contributed by atoms with E-state index in [2.05, 4.69) is 29.6 Å². The van der Waals surface area contributed by atoms with Crippen molar-refractivity contribution in [3.05, 3.63) is 66.2 Å². The third kappa shape index (κ3) is 11.9. The SMILES string of the molecule is CC(C)(C)OC(=O)NCC(=O)N1CCC[C@H]1COCCCCCC/C=C/c1ccc(Oc2ccccc2)cc1. The van der Waals surface area contributed by atoms with E-state index in [0.717, 1.165) is 50.0 Å². The van der Waals surface area contributed by atoms with Gasteiger partial charge in [-0.3, -0.25) is 4.79 Å². The summed E-state index contributed by atoms with van der Waals surface area (Å²) in [4.78, 5) is 26.2. The Morgan fingerprint density at radius 1 is 0.974 bits per heavy atom. The van der Waals surface area contributed by atoms with Gasteiger partial charge in [0.1, 0.15) is 23.6 Å². The molecule has 0 bridgehead atoms. The van der Waals surface area contributed by atoms with Crippen LogP contribution in [0.15, 0.2) is 60.7 Å². The molecule has 2 amide bonds. The Kier molecular flexibility index (Phi) is 12.4. The van der Waals surface area contributed by atoms with Crippen LogP contribution >= 0.6 is 0 Å². The fourth-order valence-corrected chi connectivity index (χ4v) is 4.43. The predicted molar refractivity (Wildman–Crippen MR) is 155 cm³/mol. The molecular formula is C32H44N2O5. The molecule has 7 nitrogen and oxygen atoms in total. The molecule has 1 aliphatic heterocycles. The van der Waals surface area contributed by atoms with Gasteiger partial charge in [0.15, 0.2) is 0 Å². The number of hydrogen-bond donors (Lipinski definition) is 1. The van der Waals surface area contributed by atoms with Crippen LogP contribution in [-0.4, -0.2) is 54.8 Å². The number of benzene rings is 2. The highest BCUT2D eigenvalue weighted by Crippen LogP contribution is 2.22. The fraction of sp³-hybridized carbons (Fsp3) is 0.500. The molecule has 7 heteroatoms. The van der Waals surface area contributed by atoms with Gasteiger partial charge in [0, 0.05) is 13.2 Å². The van der Waals surface area contributed by atoms with Crippen molar-refractivity contribution in [3.63, 3.8) is 0 Å². The number of ether oxygens (including phenoxy) is 3. The van der Waals surface area contributed by atoms with E-state index in [1.807, 2.05) is 47.4 Å². The summed E-state index contributed by atoms with van der Waals surface area (Å²) in [5, 5.41) is 2.56. The number of carbonyl (C=O) groups excluding carboxylic acids is 2. The average molecular weight is 537 g/mol. The maximum absolute atomic E-state index is 12.5. The first kappa shape index (κ1) is 30.2. The molecule has 0 spiro atoms. The predicted octanol–water partition coefficient (Wildman–Crippen LogP) is 6.97. The number of alkyl carbamates (subject to hydrolysis) is 1. The van der Waals surface area contributed by atoms with E-state index in [-0.39, 0.29) is 18.5 Å². The van der Waals surface area contributed by atoms with Gasteiger partial charge >= 0.3 is 6.09 Å². The summed E-state index contributed by atoms with van der Waals surface area (Å²) in [7, 11) is 0. The minimum atomic E-state index is -0.583. The van der Waals surface area contributed by atoms with Gasteiger partial charge in [-0.05, 0) is 82.7 Å². The van der Waals surface area contributed by atoms with Crippen molar-refractivity contribution >= 4 is 18.1 Å². The number of unbranched alkanes of at least 4 members (excludes halogenated alkanes) is 4. The van der Waals surface area contributed by atoms with Crippen molar-refractivity contribution in [3.8, 4) is 11.5 Å². The van der Waals surface area contributed by atoms with Crippen molar-refractivity contribution in [2.75, 3.05) is 26.3 Å². The van der Waals surface area contributed by atoms with Crippen LogP contribution < -0.4 is 10.1 Å². The largest absolute Gasteiger partial charge is 0.457 e. The summed E-state index contributed by atoms with van der Waals surface area (Å²) >= 11 is 0. The lowest BCUT2D eigenvalue weighted by molar-refractivity contribution is -0.132. The average Bonchev–Trinajstić information content (AvgIpc) is 3.37. The Hall–Kier alpha value is -3.32. The van der Waals surface area contributed by atoms with Gasteiger partial charge in [-0.25, -0.2) is 4.79 Å². The summed E-state index contributed by atoms with van der Waals surface area (Å²) in [5.41, 5.74) is 0.587. The van der Waals surface area contributed by atoms with Gasteiger partial charge in [-0.15, -0.1) is 0 Å². The molecule has 1 saturated heterocycles. The zero-order chi connectivity index (χ0) is 27.9. The van der Waals surface area contributed by atoms with E-state index in [9.17, 15) is 9.59 Å². The summed E-state index contributed by atoms with van der Waals surface area (Å²) in [5.74, 6) is 1.59. The lowest BCUT2D eigenvalue weighted by Gasteiger charge is -2.25. The fourth-order valence-electron chi connectivity index (χ4n) is 4.43. The van der Waals surface area contributed by atoms with Crippen molar-refractivity contribution < 1.29 is 23.8 Å². The van der Waals surface area contributed by atoms with Gasteiger partial charge in [0.25, 0.3) is 0 Å². The highest BCUT2D eigenvalue weighted by Gasteiger charge is 2.29. The van der Waals surface area contributed by atoms with Gasteiger partial charge in [0.2, 0.25) is 5.91 Å². The number of amides is 2. The topological polar surface area (TPSA) is 77.1 Å². The number of allylic oxidation sites excluding steroid dienone is 1. The molecule has 0 radical (unpaired) electrons. The molecule has 39 heavy (non-hydrogen) atoms. The van der Waals surface area contributed by atoms with E-state index in [4.69, 9.17) is 14.2 Å². The Bertz CT molecular complexity index is 1030. The second-order valence-corrected chi connectivity index (χ2v) is 10.9. The van der Waals surface area contributed by atoms with Gasteiger partial charge in [0.05, 0.1) is 12.6 Å². The second kappa shape index (κ2) is 15.9. The smallest absolute Gasteiger partial charge is 0.408 e. The third-order valence-electron chi connectivity index (χ3n) is 6.37. The molecule has 0 saturated carbocycles. The van der Waals surface area contributed by atoms with Crippen LogP contribution in [0.3, 0.4) is 0 Å². The quantitative estimate of drug-likeness (QED) is 0.264. The molecule has 2 aromatic carbocycles. The number of hydrogen-bond acceptors (Lipinski definition) is 5. The zero-order valence-corrected chi connectivity index (χ0v) is 23.7. The second-order valence-electron chi connectivity index (χ2n) is 10.9. The first-order valence-corrected chi connectivity index (χ1v) is 14.1. The molecule has 0 unspecified atom stereocenters. The van der Waals surface area contributed by atoms with E-state index in [1.165, 1.54) is 12.0 Å². The summed E-state index contributed by atoms with van der Waals surface area (Å²) in [6, 6.07) is 18.0. The van der Waals surface area contributed by atoms with E-state index >= 15 is 0 Å². The standard InChI is InChI=1S/C32H44N2O5/c1-32(2,3)39-31(36)33-24-30(35)34-22-13-15-27(34)25-37-23-12-7-5-4-6-9-14-26-18-20-29(21-19-26)38-28-16-10-8-11-17-28/h8-11,14,16-21,27H,4-7,12-13,15,22-25H2,1-3H3,(H,33,36)/b14-9+/t27-/m0/s1. The van der Waals surface area contributed by atoms with Gasteiger partial charge in [-0.2, -0.15) is 0 Å². The molecule has 1 fully saturated rings. The van der Waals surface area contributed by atoms with E-state index < -0.39 is 11.7 Å². The molecule has 3 rings (SSSR count). The Balaban J connectivity index is 1.21. The van der Waals surface area contributed by atoms with Crippen LogP contribution in [0.2, 0.25) is 0 Å². The number of likely N-dealkylation sites (tertiary alicyclic amines) is 1. The molecule has 1 atom stereocenters. The highest BCUT2D eigenvalue weighted by molar-refractivity contribution is 5.82. The molecule has 1 heterocycles. The van der Waals surface area contributed by atoms with E-state index in [1.54, 1.807) is 20.8 Å². The van der Waals surface area contributed by atoms with E-state index in [0.29, 0.717) is 19.8 Å². The summed E-state index contributed by atoms with van der Waals surface area (Å²) in [6.45, 7) is 7.31. The number of rotatable bonds is 14. The van der Waals surface area contributed by atoms with Crippen molar-refractivity contribution in [2.24, 2.45) is 0 Å². The lowest BCUT2D eigenvalue weighted by Crippen LogP contribution is -2.45. The van der Waals surface area contributed by atoms with Crippen molar-refractivity contribution in [1.82, 2.24) is 10.2 Å². The van der Waals surface area contributed by atoms with Crippen LogP contribution in [0.1, 0.15) is 71.3 Å². The van der Waals surface area contributed by atoms with Gasteiger partial charge in [-0.1, -0.05) is 55.3 Å². The Labute approximate surface area is 233 Å². The number of nitrogens with one attached hydrogen (secondary N) is 1. The van der Waals surface area contributed by atoms with Crippen LogP contribution in [-0.2, 0) is 14.3 Å². The minimum absolute atomic E-state index is 0.0478. The molecular weight excluding hydrogens is 492 g/mol. The van der Waals surface area contributed by atoms with Crippen molar-refractivity contribution in [2.45, 2.75) is 77.4 Å². The normalized spacial score (nSPS) is 15.5. The number of carbonyl (C=O) groups is 2. The maximum atomic E-state index is 12.5. The maximum Gasteiger partial charge on any atom is 0.408 e. The molecule has 2 aromatic rings.